The number of hydrogen-bond donors (Lipinski definition) is 0. The minimum absolute atomic E-state index is 0.446. The highest BCUT2D eigenvalue weighted by atomic mass is 35.5. The summed E-state index contributed by atoms with van der Waals surface area (Å²) in [6.07, 6.45) is 6.22. The number of nitrogens with zero attached hydrogens (tertiary/aromatic N) is 2. The van der Waals surface area contributed by atoms with Crippen molar-refractivity contribution in [1.29, 1.82) is 0 Å². The van der Waals surface area contributed by atoms with Crippen LogP contribution in [0.15, 0.2) is 11.4 Å². The maximum Gasteiger partial charge on any atom is 0.157 e. The van der Waals surface area contributed by atoms with Crippen molar-refractivity contribution >= 4 is 33.2 Å². The summed E-state index contributed by atoms with van der Waals surface area (Å²) >= 11 is 7.68. The summed E-state index contributed by atoms with van der Waals surface area (Å²) in [5.74, 6) is 0.675. The third-order valence-electron chi connectivity index (χ3n) is 2.95. The van der Waals surface area contributed by atoms with Gasteiger partial charge in [-0.15, -0.1) is 11.3 Å². The Morgan fingerprint density at radius 2 is 2.05 bits per heavy atom. The Labute approximate surface area is 123 Å². The molecule has 104 valence electrons. The van der Waals surface area contributed by atoms with E-state index in [0.717, 1.165) is 23.2 Å². The fourth-order valence-corrected chi connectivity index (χ4v) is 2.99. The quantitative estimate of drug-likeness (QED) is 0.517. The van der Waals surface area contributed by atoms with Gasteiger partial charge in [0.15, 0.2) is 5.82 Å². The highest BCUT2D eigenvalue weighted by molar-refractivity contribution is 7.16. The second kappa shape index (κ2) is 7.78. The first-order valence-electron chi connectivity index (χ1n) is 6.78. The molecule has 0 aliphatic carbocycles. The van der Waals surface area contributed by atoms with Gasteiger partial charge in [0.2, 0.25) is 0 Å². The Morgan fingerprint density at radius 1 is 1.21 bits per heavy atom. The van der Waals surface area contributed by atoms with Crippen LogP contribution < -0.4 is 0 Å². The van der Waals surface area contributed by atoms with Gasteiger partial charge in [0.05, 0.1) is 0 Å². The summed E-state index contributed by atoms with van der Waals surface area (Å²) in [4.78, 5) is 9.63. The third-order valence-corrected chi connectivity index (χ3v) is 4.04. The zero-order valence-corrected chi connectivity index (χ0v) is 12.8. The number of aromatic nitrogens is 2. The number of unbranched alkanes of at least 4 members (excludes halogenated alkanes) is 4. The van der Waals surface area contributed by atoms with Gasteiger partial charge in [-0.25, -0.2) is 9.97 Å². The van der Waals surface area contributed by atoms with Crippen molar-refractivity contribution in [3.63, 3.8) is 0 Å². The molecule has 0 aliphatic rings. The summed E-state index contributed by atoms with van der Waals surface area (Å²) in [5, 5.41) is 3.42. The van der Waals surface area contributed by atoms with Crippen LogP contribution in [0.25, 0.3) is 10.2 Å². The van der Waals surface area contributed by atoms with E-state index in [1.54, 1.807) is 11.3 Å². The maximum absolute atomic E-state index is 6.10. The predicted octanol–water partition coefficient (Wildman–Crippen LogP) is 4.83. The number of rotatable bonds is 8. The topological polar surface area (TPSA) is 35.0 Å². The first kappa shape index (κ1) is 14.7. The molecule has 0 unspecified atom stereocenters. The summed E-state index contributed by atoms with van der Waals surface area (Å²) in [6.45, 7) is 3.44. The highest BCUT2D eigenvalue weighted by Crippen LogP contribution is 2.24. The molecule has 3 nitrogen and oxygen atoms in total. The average molecular weight is 299 g/mol. The number of thiophene rings is 1. The van der Waals surface area contributed by atoms with Crippen molar-refractivity contribution in [2.45, 2.75) is 45.6 Å². The van der Waals surface area contributed by atoms with Gasteiger partial charge < -0.3 is 4.74 Å². The lowest BCUT2D eigenvalue weighted by molar-refractivity contribution is 0.111. The molecule has 2 aromatic heterocycles. The lowest BCUT2D eigenvalue weighted by Gasteiger charge is -2.04. The number of halogens is 1. The molecule has 5 heteroatoms. The summed E-state index contributed by atoms with van der Waals surface area (Å²) < 4.78 is 5.60. The molecule has 19 heavy (non-hydrogen) atoms. The molecule has 0 N–H and O–H groups in total. The molecule has 0 bridgehead atoms. The van der Waals surface area contributed by atoms with Crippen molar-refractivity contribution in [3.8, 4) is 0 Å². The number of ether oxygens (including phenoxy) is 1. The molecule has 2 aromatic rings. The van der Waals surface area contributed by atoms with Gasteiger partial charge in [-0.3, -0.25) is 0 Å². The number of hydrogen-bond acceptors (Lipinski definition) is 4. The van der Waals surface area contributed by atoms with Gasteiger partial charge in [-0.05, 0) is 17.9 Å². The lowest BCUT2D eigenvalue weighted by Crippen LogP contribution is -2.00. The van der Waals surface area contributed by atoms with E-state index in [2.05, 4.69) is 16.9 Å². The van der Waals surface area contributed by atoms with Crippen molar-refractivity contribution in [1.82, 2.24) is 9.97 Å². The van der Waals surface area contributed by atoms with Gasteiger partial charge >= 0.3 is 0 Å². The van der Waals surface area contributed by atoms with Crippen molar-refractivity contribution < 1.29 is 4.74 Å². The second-order valence-corrected chi connectivity index (χ2v) is 5.79. The average Bonchev–Trinajstić information content (AvgIpc) is 2.86. The van der Waals surface area contributed by atoms with Crippen LogP contribution >= 0.6 is 22.9 Å². The molecule has 0 saturated heterocycles. The molecule has 0 atom stereocenters. The van der Waals surface area contributed by atoms with Crippen LogP contribution in [0.5, 0.6) is 0 Å². The molecule has 0 aromatic carbocycles. The minimum Gasteiger partial charge on any atom is -0.373 e. The van der Waals surface area contributed by atoms with Crippen molar-refractivity contribution in [3.05, 3.63) is 22.4 Å². The van der Waals surface area contributed by atoms with Gasteiger partial charge in [-0.2, -0.15) is 0 Å². The normalized spacial score (nSPS) is 11.3. The Kier molecular flexibility index (Phi) is 6.01. The summed E-state index contributed by atoms with van der Waals surface area (Å²) in [5.41, 5.74) is 0. The van der Waals surface area contributed by atoms with Crippen LogP contribution in [-0.4, -0.2) is 16.6 Å². The molecule has 0 aliphatic heterocycles. The second-order valence-electron chi connectivity index (χ2n) is 4.54. The van der Waals surface area contributed by atoms with Gasteiger partial charge in [0.1, 0.15) is 16.6 Å². The zero-order chi connectivity index (χ0) is 13.5. The first-order valence-corrected chi connectivity index (χ1v) is 8.04. The van der Waals surface area contributed by atoms with Crippen LogP contribution in [-0.2, 0) is 11.3 Å². The Morgan fingerprint density at radius 3 is 2.89 bits per heavy atom. The van der Waals surface area contributed by atoms with E-state index in [-0.39, 0.29) is 0 Å². The highest BCUT2D eigenvalue weighted by Gasteiger charge is 2.06. The van der Waals surface area contributed by atoms with Crippen molar-refractivity contribution in [2.75, 3.05) is 6.61 Å². The summed E-state index contributed by atoms with van der Waals surface area (Å²) in [7, 11) is 0. The monoisotopic (exact) mass is 298 g/mol. The summed E-state index contributed by atoms with van der Waals surface area (Å²) in [6, 6.07) is 1.95. The molecule has 0 fully saturated rings. The van der Waals surface area contributed by atoms with E-state index in [1.807, 2.05) is 11.4 Å². The molecule has 0 spiro atoms. The van der Waals surface area contributed by atoms with E-state index in [9.17, 15) is 0 Å². The first-order chi connectivity index (χ1) is 9.31. The number of fused-ring (bicyclic) bond motifs is 1. The van der Waals surface area contributed by atoms with Gasteiger partial charge in [-0.1, -0.05) is 44.2 Å². The van der Waals surface area contributed by atoms with Crippen LogP contribution in [0.3, 0.4) is 0 Å². The van der Waals surface area contributed by atoms with Gasteiger partial charge in [0.25, 0.3) is 0 Å². The van der Waals surface area contributed by atoms with E-state index in [4.69, 9.17) is 16.3 Å². The molecule has 0 amide bonds. The van der Waals surface area contributed by atoms with Crippen LogP contribution in [0.1, 0.15) is 44.9 Å². The SMILES string of the molecule is CCCCCCCOCc1nc(Cl)c2ccsc2n1. The van der Waals surface area contributed by atoms with E-state index >= 15 is 0 Å². The molecular weight excluding hydrogens is 280 g/mol. The van der Waals surface area contributed by atoms with Gasteiger partial charge in [0, 0.05) is 12.0 Å². The Hall–Kier alpha value is -0.710. The standard InChI is InChI=1S/C14H19ClN2OS/c1-2-3-4-5-6-8-18-10-12-16-13(15)11-7-9-19-14(11)17-12/h7,9H,2-6,8,10H2,1H3. The van der Waals surface area contributed by atoms with Crippen molar-refractivity contribution in [2.24, 2.45) is 0 Å². The molecule has 0 radical (unpaired) electrons. The minimum atomic E-state index is 0.446. The fourth-order valence-electron chi connectivity index (χ4n) is 1.90. The smallest absolute Gasteiger partial charge is 0.157 e. The maximum atomic E-state index is 6.10. The Balaban J connectivity index is 1.75. The molecule has 0 saturated carbocycles. The largest absolute Gasteiger partial charge is 0.373 e. The molecule has 2 heterocycles. The predicted molar refractivity (Wildman–Crippen MR) is 80.8 cm³/mol. The molecule has 2 rings (SSSR count). The van der Waals surface area contributed by atoms with E-state index in [1.165, 1.54) is 25.7 Å². The van der Waals surface area contributed by atoms with Crippen LogP contribution in [0, 0.1) is 0 Å². The van der Waals surface area contributed by atoms with E-state index < -0.39 is 0 Å². The third kappa shape index (κ3) is 4.41. The lowest BCUT2D eigenvalue weighted by atomic mass is 10.2. The van der Waals surface area contributed by atoms with E-state index in [0.29, 0.717) is 17.6 Å². The Bertz CT molecular complexity index is 515. The van der Waals surface area contributed by atoms with Crippen LogP contribution in [0.4, 0.5) is 0 Å². The fraction of sp³-hybridized carbons (Fsp3) is 0.571. The zero-order valence-electron chi connectivity index (χ0n) is 11.2. The molecular formula is C14H19ClN2OS. The van der Waals surface area contributed by atoms with Crippen LogP contribution in [0.2, 0.25) is 5.15 Å².